The van der Waals surface area contributed by atoms with Crippen molar-refractivity contribution in [3.63, 3.8) is 0 Å². The van der Waals surface area contributed by atoms with Crippen LogP contribution >= 0.6 is 11.6 Å². The summed E-state index contributed by atoms with van der Waals surface area (Å²) in [6.45, 7) is 6.94. The Morgan fingerprint density at radius 1 is 1.09 bits per heavy atom. The van der Waals surface area contributed by atoms with Gasteiger partial charge in [0.15, 0.2) is 0 Å². The van der Waals surface area contributed by atoms with Crippen LogP contribution in [0, 0.1) is 5.82 Å². The molecular weight excluding hydrogens is 313 g/mol. The minimum Gasteiger partial charge on any atom is -0.352 e. The van der Waals surface area contributed by atoms with Crippen molar-refractivity contribution in [2.45, 2.75) is 39.2 Å². The van der Waals surface area contributed by atoms with Crippen LogP contribution in [0.3, 0.4) is 0 Å². The smallest absolute Gasteiger partial charge is 0.224 e. The zero-order chi connectivity index (χ0) is 17.0. The molecular formula is C19H21ClFNO. The van der Waals surface area contributed by atoms with E-state index in [1.54, 1.807) is 6.07 Å². The summed E-state index contributed by atoms with van der Waals surface area (Å²) >= 11 is 5.63. The molecule has 0 heterocycles. The fraction of sp³-hybridized carbons (Fsp3) is 0.316. The third-order valence-electron chi connectivity index (χ3n) is 3.66. The Hall–Kier alpha value is -1.87. The summed E-state index contributed by atoms with van der Waals surface area (Å²) < 4.78 is 13.4. The van der Waals surface area contributed by atoms with Crippen molar-refractivity contribution in [3.8, 4) is 0 Å². The van der Waals surface area contributed by atoms with Gasteiger partial charge in [-0.25, -0.2) is 4.39 Å². The molecule has 2 rings (SSSR count). The molecule has 2 aromatic rings. The Kier molecular flexibility index (Phi) is 5.42. The van der Waals surface area contributed by atoms with Crippen LogP contribution in [0.25, 0.3) is 0 Å². The zero-order valence-corrected chi connectivity index (χ0v) is 14.4. The summed E-state index contributed by atoms with van der Waals surface area (Å²) in [6.07, 6.45) is 0.133. The second kappa shape index (κ2) is 7.14. The van der Waals surface area contributed by atoms with Gasteiger partial charge in [-0.15, -0.1) is 0 Å². The van der Waals surface area contributed by atoms with E-state index >= 15 is 0 Å². The molecule has 0 atom stereocenters. The molecule has 1 amide bonds. The van der Waals surface area contributed by atoms with Crippen molar-refractivity contribution in [2.24, 2.45) is 0 Å². The number of hydrogen-bond donors (Lipinski definition) is 1. The summed E-state index contributed by atoms with van der Waals surface area (Å²) in [5.74, 6) is -0.652. The highest BCUT2D eigenvalue weighted by Crippen LogP contribution is 2.22. The van der Waals surface area contributed by atoms with Gasteiger partial charge in [0.25, 0.3) is 0 Å². The number of amides is 1. The number of rotatable bonds is 4. The number of carbonyl (C=O) groups excluding carboxylic acids is 1. The Balaban J connectivity index is 1.90. The molecule has 0 radical (unpaired) electrons. The molecule has 2 aromatic carbocycles. The van der Waals surface area contributed by atoms with E-state index in [-0.39, 0.29) is 22.8 Å². The van der Waals surface area contributed by atoms with E-state index in [0.717, 1.165) is 5.56 Å². The first-order valence-corrected chi connectivity index (χ1v) is 7.93. The van der Waals surface area contributed by atoms with Gasteiger partial charge < -0.3 is 5.32 Å². The lowest BCUT2D eigenvalue weighted by Crippen LogP contribution is -2.24. The Labute approximate surface area is 141 Å². The second-order valence-electron chi connectivity index (χ2n) is 6.65. The fourth-order valence-electron chi connectivity index (χ4n) is 2.22. The van der Waals surface area contributed by atoms with Gasteiger partial charge in [0.05, 0.1) is 11.4 Å². The highest BCUT2D eigenvalue weighted by atomic mass is 35.5. The maximum atomic E-state index is 13.4. The van der Waals surface area contributed by atoms with E-state index in [1.165, 1.54) is 17.7 Å². The van der Waals surface area contributed by atoms with Crippen molar-refractivity contribution in [2.75, 3.05) is 0 Å². The first kappa shape index (κ1) is 17.5. The monoisotopic (exact) mass is 333 g/mol. The van der Waals surface area contributed by atoms with Gasteiger partial charge in [-0.3, -0.25) is 4.79 Å². The van der Waals surface area contributed by atoms with Crippen molar-refractivity contribution >= 4 is 17.5 Å². The van der Waals surface area contributed by atoms with Gasteiger partial charge >= 0.3 is 0 Å². The van der Waals surface area contributed by atoms with Gasteiger partial charge in [-0.2, -0.15) is 0 Å². The topological polar surface area (TPSA) is 29.1 Å². The standard InChI is InChI=1S/C19H21ClFNO/c1-19(2,3)15-7-4-13(5-8-15)12-22-18(23)11-14-6-9-16(20)17(21)10-14/h4-10H,11-12H2,1-3H3,(H,22,23). The molecule has 0 saturated heterocycles. The highest BCUT2D eigenvalue weighted by Gasteiger charge is 2.13. The van der Waals surface area contributed by atoms with Crippen LogP contribution in [-0.4, -0.2) is 5.91 Å². The summed E-state index contributed by atoms with van der Waals surface area (Å²) in [6, 6.07) is 12.6. The predicted molar refractivity (Wildman–Crippen MR) is 92.1 cm³/mol. The van der Waals surface area contributed by atoms with Crippen molar-refractivity contribution < 1.29 is 9.18 Å². The molecule has 0 unspecified atom stereocenters. The molecule has 0 spiro atoms. The number of halogens is 2. The molecule has 23 heavy (non-hydrogen) atoms. The average Bonchev–Trinajstić information content (AvgIpc) is 2.48. The van der Waals surface area contributed by atoms with Crippen molar-refractivity contribution in [1.29, 1.82) is 0 Å². The second-order valence-corrected chi connectivity index (χ2v) is 7.06. The van der Waals surface area contributed by atoms with Crippen LogP contribution in [-0.2, 0) is 23.2 Å². The van der Waals surface area contributed by atoms with Crippen molar-refractivity contribution in [1.82, 2.24) is 5.32 Å². The Morgan fingerprint density at radius 2 is 1.70 bits per heavy atom. The van der Waals surface area contributed by atoms with Crippen LogP contribution in [0.2, 0.25) is 5.02 Å². The SMILES string of the molecule is CC(C)(C)c1ccc(CNC(=O)Cc2ccc(Cl)c(F)c2)cc1. The fourth-order valence-corrected chi connectivity index (χ4v) is 2.34. The van der Waals surface area contributed by atoms with Crippen molar-refractivity contribution in [3.05, 3.63) is 70.0 Å². The lowest BCUT2D eigenvalue weighted by molar-refractivity contribution is -0.120. The third kappa shape index (κ3) is 5.07. The molecule has 0 fully saturated rings. The molecule has 0 aliphatic heterocycles. The molecule has 0 aromatic heterocycles. The molecule has 0 bridgehead atoms. The Morgan fingerprint density at radius 3 is 2.26 bits per heavy atom. The van der Waals surface area contributed by atoms with Gasteiger partial charge in [0.1, 0.15) is 5.82 Å². The van der Waals surface area contributed by atoms with Gasteiger partial charge in [-0.05, 0) is 34.2 Å². The molecule has 0 saturated carbocycles. The number of carbonyl (C=O) groups is 1. The number of hydrogen-bond acceptors (Lipinski definition) is 1. The molecule has 122 valence electrons. The molecule has 1 N–H and O–H groups in total. The summed E-state index contributed by atoms with van der Waals surface area (Å²) in [4.78, 5) is 11.9. The highest BCUT2D eigenvalue weighted by molar-refractivity contribution is 6.30. The lowest BCUT2D eigenvalue weighted by Gasteiger charge is -2.19. The van der Waals surface area contributed by atoms with Gasteiger partial charge in [0.2, 0.25) is 5.91 Å². The Bertz CT molecular complexity index is 690. The van der Waals surface area contributed by atoms with Crippen LogP contribution < -0.4 is 5.32 Å². The summed E-state index contributed by atoms with van der Waals surface area (Å²) in [5.41, 5.74) is 3.01. The van der Waals surface area contributed by atoms with Crippen LogP contribution in [0.15, 0.2) is 42.5 Å². The first-order valence-electron chi connectivity index (χ1n) is 7.56. The minimum absolute atomic E-state index is 0.0631. The zero-order valence-electron chi connectivity index (χ0n) is 13.6. The molecule has 2 nitrogen and oxygen atoms in total. The van der Waals surface area contributed by atoms with E-state index in [4.69, 9.17) is 11.6 Å². The van der Waals surface area contributed by atoms with E-state index in [2.05, 4.69) is 38.2 Å². The first-order chi connectivity index (χ1) is 10.8. The minimum atomic E-state index is -0.505. The van der Waals surface area contributed by atoms with Crippen LogP contribution in [0.1, 0.15) is 37.5 Å². The molecule has 0 aliphatic rings. The summed E-state index contributed by atoms with van der Waals surface area (Å²) in [7, 11) is 0. The van der Waals surface area contributed by atoms with E-state index in [0.29, 0.717) is 12.1 Å². The molecule has 4 heteroatoms. The normalized spacial score (nSPS) is 11.3. The maximum Gasteiger partial charge on any atom is 0.224 e. The predicted octanol–water partition coefficient (Wildman–Crippen LogP) is 4.64. The average molecular weight is 334 g/mol. The van der Waals surface area contributed by atoms with Gasteiger partial charge in [0, 0.05) is 6.54 Å². The number of benzene rings is 2. The largest absolute Gasteiger partial charge is 0.352 e. The van der Waals surface area contributed by atoms with E-state index in [1.807, 2.05) is 12.1 Å². The van der Waals surface area contributed by atoms with E-state index < -0.39 is 5.82 Å². The maximum absolute atomic E-state index is 13.4. The third-order valence-corrected chi connectivity index (χ3v) is 3.96. The van der Waals surface area contributed by atoms with Gasteiger partial charge in [-0.1, -0.05) is 62.7 Å². The van der Waals surface area contributed by atoms with Crippen LogP contribution in [0.4, 0.5) is 4.39 Å². The molecule has 0 aliphatic carbocycles. The lowest BCUT2D eigenvalue weighted by atomic mass is 9.87. The van der Waals surface area contributed by atoms with Crippen LogP contribution in [0.5, 0.6) is 0 Å². The van der Waals surface area contributed by atoms with E-state index in [9.17, 15) is 9.18 Å². The number of nitrogens with one attached hydrogen (secondary N) is 1. The quantitative estimate of drug-likeness (QED) is 0.868. The summed E-state index contributed by atoms with van der Waals surface area (Å²) in [5, 5.41) is 2.91.